The SMILES string of the molecule is CCC(N)(CCI)C(O)CO. The molecule has 0 heterocycles. The number of nitrogens with two attached hydrogens (primary N) is 1. The molecule has 3 nitrogen and oxygen atoms in total. The van der Waals surface area contributed by atoms with E-state index >= 15 is 0 Å². The van der Waals surface area contributed by atoms with Crippen molar-refractivity contribution >= 4 is 22.6 Å². The minimum atomic E-state index is -0.790. The highest BCUT2D eigenvalue weighted by atomic mass is 127. The van der Waals surface area contributed by atoms with E-state index in [1.165, 1.54) is 0 Å². The van der Waals surface area contributed by atoms with E-state index in [2.05, 4.69) is 22.6 Å². The molecule has 2 unspecified atom stereocenters. The molecule has 0 amide bonds. The molecule has 0 aromatic heterocycles. The molecule has 0 radical (unpaired) electrons. The van der Waals surface area contributed by atoms with Gasteiger partial charge in [0.2, 0.25) is 0 Å². The van der Waals surface area contributed by atoms with Crippen LogP contribution in [0.5, 0.6) is 0 Å². The summed E-state index contributed by atoms with van der Waals surface area (Å²) in [5.74, 6) is 0. The molecule has 0 fully saturated rings. The number of hydrogen-bond acceptors (Lipinski definition) is 3. The molecule has 11 heavy (non-hydrogen) atoms. The quantitative estimate of drug-likeness (QED) is 0.497. The van der Waals surface area contributed by atoms with Gasteiger partial charge in [-0.25, -0.2) is 0 Å². The van der Waals surface area contributed by atoms with Crippen molar-refractivity contribution in [1.29, 1.82) is 0 Å². The highest BCUT2D eigenvalue weighted by Gasteiger charge is 2.30. The minimum absolute atomic E-state index is 0.249. The molecule has 0 aromatic rings. The molecule has 2 atom stereocenters. The molecule has 4 heteroatoms. The van der Waals surface area contributed by atoms with Gasteiger partial charge in [0.05, 0.1) is 12.7 Å². The van der Waals surface area contributed by atoms with E-state index < -0.39 is 11.6 Å². The average molecular weight is 273 g/mol. The smallest absolute Gasteiger partial charge is 0.0949 e. The zero-order chi connectivity index (χ0) is 8.91. The predicted molar refractivity (Wildman–Crippen MR) is 53.8 cm³/mol. The molecule has 0 saturated heterocycles. The highest BCUT2D eigenvalue weighted by Crippen LogP contribution is 2.17. The predicted octanol–water partition coefficient (Wildman–Crippen LogP) is 0.272. The van der Waals surface area contributed by atoms with Crippen LogP contribution in [-0.2, 0) is 0 Å². The number of hydrogen-bond donors (Lipinski definition) is 3. The first-order valence-electron chi connectivity index (χ1n) is 3.74. The molecule has 4 N–H and O–H groups in total. The molecule has 0 aromatic carbocycles. The summed E-state index contributed by atoms with van der Waals surface area (Å²) < 4.78 is 0.902. The van der Waals surface area contributed by atoms with Crippen molar-refractivity contribution in [2.75, 3.05) is 11.0 Å². The van der Waals surface area contributed by atoms with Crippen molar-refractivity contribution in [3.8, 4) is 0 Å². The fourth-order valence-corrected chi connectivity index (χ4v) is 1.94. The van der Waals surface area contributed by atoms with Gasteiger partial charge in [0.25, 0.3) is 0 Å². The number of aliphatic hydroxyl groups excluding tert-OH is 2. The van der Waals surface area contributed by atoms with Gasteiger partial charge in [0.15, 0.2) is 0 Å². The van der Waals surface area contributed by atoms with Gasteiger partial charge in [0.1, 0.15) is 0 Å². The van der Waals surface area contributed by atoms with E-state index in [0.717, 1.165) is 10.8 Å². The van der Waals surface area contributed by atoms with Crippen LogP contribution in [-0.4, -0.2) is 32.9 Å². The molecule has 0 rings (SSSR count). The Hall–Kier alpha value is 0.610. The van der Waals surface area contributed by atoms with Gasteiger partial charge in [-0.2, -0.15) is 0 Å². The summed E-state index contributed by atoms with van der Waals surface area (Å²) in [7, 11) is 0. The third kappa shape index (κ3) is 3.23. The van der Waals surface area contributed by atoms with Gasteiger partial charge in [-0.3, -0.25) is 0 Å². The molecular weight excluding hydrogens is 257 g/mol. The summed E-state index contributed by atoms with van der Waals surface area (Å²) in [6.07, 6.45) is 0.644. The minimum Gasteiger partial charge on any atom is -0.394 e. The Morgan fingerprint density at radius 3 is 2.45 bits per heavy atom. The van der Waals surface area contributed by atoms with E-state index in [1.54, 1.807) is 0 Å². The van der Waals surface area contributed by atoms with Crippen LogP contribution in [0.1, 0.15) is 19.8 Å². The summed E-state index contributed by atoms with van der Waals surface area (Å²) in [6.45, 7) is 1.67. The van der Waals surface area contributed by atoms with Crippen LogP contribution >= 0.6 is 22.6 Å². The first-order chi connectivity index (χ1) is 5.10. The fourth-order valence-electron chi connectivity index (χ4n) is 0.937. The monoisotopic (exact) mass is 273 g/mol. The van der Waals surface area contributed by atoms with Gasteiger partial charge < -0.3 is 15.9 Å². The molecular formula is C7H16INO2. The molecule has 0 spiro atoms. The zero-order valence-corrected chi connectivity index (χ0v) is 8.91. The Balaban J connectivity index is 4.07. The number of rotatable bonds is 5. The van der Waals surface area contributed by atoms with Gasteiger partial charge in [-0.05, 0) is 12.8 Å². The van der Waals surface area contributed by atoms with Crippen molar-refractivity contribution in [3.63, 3.8) is 0 Å². The van der Waals surface area contributed by atoms with E-state index in [1.807, 2.05) is 6.92 Å². The van der Waals surface area contributed by atoms with Gasteiger partial charge in [-0.15, -0.1) is 0 Å². The van der Waals surface area contributed by atoms with Crippen molar-refractivity contribution < 1.29 is 10.2 Å². The standard InChI is InChI=1S/C7H16INO2/c1-2-7(9,3-4-8)6(11)5-10/h6,10-11H,2-5,9H2,1H3. The Kier molecular flexibility index (Phi) is 5.58. The van der Waals surface area contributed by atoms with Crippen molar-refractivity contribution in [2.24, 2.45) is 5.73 Å². The van der Waals surface area contributed by atoms with E-state index in [4.69, 9.17) is 10.8 Å². The van der Waals surface area contributed by atoms with Crippen LogP contribution in [0.3, 0.4) is 0 Å². The van der Waals surface area contributed by atoms with Crippen LogP contribution in [0.4, 0.5) is 0 Å². The average Bonchev–Trinajstić information content (AvgIpc) is 2.03. The summed E-state index contributed by atoms with van der Waals surface area (Å²) in [5.41, 5.74) is 5.25. The van der Waals surface area contributed by atoms with E-state index in [-0.39, 0.29) is 6.61 Å². The maximum atomic E-state index is 9.33. The first kappa shape index (κ1) is 11.6. The molecule has 0 saturated carbocycles. The van der Waals surface area contributed by atoms with Crippen LogP contribution < -0.4 is 5.73 Å². The third-order valence-corrected chi connectivity index (χ3v) is 2.59. The second-order valence-corrected chi connectivity index (χ2v) is 3.80. The van der Waals surface area contributed by atoms with E-state index in [0.29, 0.717) is 6.42 Å². The maximum Gasteiger partial charge on any atom is 0.0949 e. The Bertz CT molecular complexity index is 113. The summed E-state index contributed by atoms with van der Waals surface area (Å²) in [4.78, 5) is 0. The molecule has 0 aliphatic carbocycles. The Labute approximate surface area is 81.1 Å². The van der Waals surface area contributed by atoms with Gasteiger partial charge >= 0.3 is 0 Å². The van der Waals surface area contributed by atoms with Crippen LogP contribution in [0.25, 0.3) is 0 Å². The van der Waals surface area contributed by atoms with E-state index in [9.17, 15) is 5.11 Å². The maximum absolute atomic E-state index is 9.33. The third-order valence-electron chi connectivity index (χ3n) is 2.05. The molecule has 0 aliphatic rings. The lowest BCUT2D eigenvalue weighted by molar-refractivity contribution is 0.0275. The van der Waals surface area contributed by atoms with Crippen LogP contribution in [0.2, 0.25) is 0 Å². The lowest BCUT2D eigenvalue weighted by Crippen LogP contribution is -2.52. The number of aliphatic hydroxyl groups is 2. The molecule has 68 valence electrons. The van der Waals surface area contributed by atoms with Gasteiger partial charge in [0, 0.05) is 9.97 Å². The van der Waals surface area contributed by atoms with Gasteiger partial charge in [-0.1, -0.05) is 29.5 Å². The van der Waals surface area contributed by atoms with Crippen molar-refractivity contribution in [2.45, 2.75) is 31.4 Å². The highest BCUT2D eigenvalue weighted by molar-refractivity contribution is 14.1. The van der Waals surface area contributed by atoms with Crippen molar-refractivity contribution in [1.82, 2.24) is 0 Å². The lowest BCUT2D eigenvalue weighted by Gasteiger charge is -2.31. The Morgan fingerprint density at radius 2 is 2.18 bits per heavy atom. The second-order valence-electron chi connectivity index (χ2n) is 2.72. The molecule has 0 aliphatic heterocycles. The zero-order valence-electron chi connectivity index (χ0n) is 6.76. The summed E-state index contributed by atoms with van der Waals surface area (Å²) >= 11 is 2.21. The Morgan fingerprint density at radius 1 is 1.64 bits per heavy atom. The summed E-state index contributed by atoms with van der Waals surface area (Å²) in [6, 6.07) is 0. The number of alkyl halides is 1. The van der Waals surface area contributed by atoms with Crippen molar-refractivity contribution in [3.05, 3.63) is 0 Å². The topological polar surface area (TPSA) is 66.5 Å². The normalized spacial score (nSPS) is 19.4. The second kappa shape index (κ2) is 5.29. The summed E-state index contributed by atoms with van der Waals surface area (Å²) in [5, 5.41) is 18.0. The van der Waals surface area contributed by atoms with Crippen LogP contribution in [0, 0.1) is 0 Å². The number of halogens is 1. The first-order valence-corrected chi connectivity index (χ1v) is 5.27. The lowest BCUT2D eigenvalue weighted by atomic mass is 9.88. The van der Waals surface area contributed by atoms with Crippen LogP contribution in [0.15, 0.2) is 0 Å². The largest absolute Gasteiger partial charge is 0.394 e. The molecule has 0 bridgehead atoms. The fraction of sp³-hybridized carbons (Fsp3) is 1.00.